The summed E-state index contributed by atoms with van der Waals surface area (Å²) < 4.78 is 47.7. The van der Waals surface area contributed by atoms with Crippen LogP contribution >= 0.6 is 15.6 Å². The van der Waals surface area contributed by atoms with Crippen LogP contribution in [0.3, 0.4) is 0 Å². The van der Waals surface area contributed by atoms with Crippen molar-refractivity contribution in [1.82, 2.24) is 0 Å². The summed E-state index contributed by atoms with van der Waals surface area (Å²) in [7, 11) is -9.76. The summed E-state index contributed by atoms with van der Waals surface area (Å²) in [5, 5.41) is 30.5. The number of ether oxygens (including phenoxy) is 2. The molecule has 0 aliphatic heterocycles. The molecule has 16 nitrogen and oxygen atoms in total. The van der Waals surface area contributed by atoms with E-state index < -0.39 is 78.4 Å². The molecule has 346 valence electrons. The Labute approximate surface area is 352 Å². The second-order valence-corrected chi connectivity index (χ2v) is 18.7. The van der Waals surface area contributed by atoms with Crippen molar-refractivity contribution in [1.29, 1.82) is 0 Å². The van der Waals surface area contributed by atoms with Gasteiger partial charge in [-0.25, -0.2) is 9.13 Å². The van der Waals surface area contributed by atoms with E-state index in [4.69, 9.17) is 23.8 Å². The Morgan fingerprint density at radius 2 is 1.31 bits per heavy atom. The molecule has 59 heavy (non-hydrogen) atoms. The maximum Gasteiger partial charge on any atom is 0.472 e. The summed E-state index contributed by atoms with van der Waals surface area (Å²) in [6.07, 6.45) is 16.9. The number of carbonyl (C=O) groups excluding carboxylic acids is 3. The summed E-state index contributed by atoms with van der Waals surface area (Å²) in [6.45, 7) is 3.67. The summed E-state index contributed by atoms with van der Waals surface area (Å²) in [4.78, 5) is 65.5. The normalized spacial score (nSPS) is 20.4. The molecule has 0 aromatic rings. The standard InChI is InChI=1S/C41H76O16P2/c1-4-6-15-21-33(42)25-26-37-36(38(44)27-39(37)45)22-17-13-14-19-24-41(47)57-35(31-56-59(51,52)55-29-34(43)28-54-58(48,49)50)30-53-40(46)23-18-12-10-8-7-9-11-16-20-32(3)5-2/h25-26,32-37,39,42-43,45H,4-24,27-31H2,1-3H3,(H,51,52)(H2,48,49,50)/b26-25+/t32?,33-,34-,35+,36+,37+,39+/m0/s1. The van der Waals surface area contributed by atoms with Crippen LogP contribution in [0.25, 0.3) is 0 Å². The number of phosphoric ester groups is 2. The Hall–Kier alpha value is -1.55. The molecule has 0 bridgehead atoms. The molecule has 1 rings (SSSR count). The van der Waals surface area contributed by atoms with E-state index in [1.807, 2.05) is 0 Å². The fourth-order valence-corrected chi connectivity index (χ4v) is 7.96. The second-order valence-electron chi connectivity index (χ2n) is 16.0. The van der Waals surface area contributed by atoms with Gasteiger partial charge in [-0.05, 0) is 31.6 Å². The molecule has 1 fully saturated rings. The Bertz CT molecular complexity index is 1280. The van der Waals surface area contributed by atoms with Gasteiger partial charge in [0.15, 0.2) is 6.10 Å². The van der Waals surface area contributed by atoms with Gasteiger partial charge in [0.25, 0.3) is 0 Å². The van der Waals surface area contributed by atoms with E-state index >= 15 is 0 Å². The molecule has 18 heteroatoms. The molecule has 0 amide bonds. The highest BCUT2D eigenvalue weighted by Gasteiger charge is 2.39. The van der Waals surface area contributed by atoms with E-state index in [2.05, 4.69) is 29.8 Å². The SMILES string of the molecule is CCCCC[C@H](O)/C=C/[C@H]1[C@H](O)CC(=O)[C@@H]1CCCCCCC(=O)O[C@H](COC(=O)CCCCCCCCCCC(C)CC)COP(=O)(O)OC[C@@H](O)COP(=O)(O)O. The number of Topliss-reactive ketones (excluding diaryl/α,β-unsaturated/α-hetero) is 1. The van der Waals surface area contributed by atoms with Gasteiger partial charge in [-0.1, -0.05) is 129 Å². The average molecular weight is 887 g/mol. The lowest BCUT2D eigenvalue weighted by atomic mass is 9.88. The first-order valence-corrected chi connectivity index (χ1v) is 24.9. The molecule has 0 heterocycles. The van der Waals surface area contributed by atoms with E-state index in [0.717, 1.165) is 50.9 Å². The molecule has 0 radical (unpaired) electrons. The maximum absolute atomic E-state index is 12.8. The van der Waals surface area contributed by atoms with Crippen LogP contribution in [0.15, 0.2) is 12.2 Å². The highest BCUT2D eigenvalue weighted by Crippen LogP contribution is 2.44. The van der Waals surface area contributed by atoms with Crippen molar-refractivity contribution < 1.29 is 76.6 Å². The van der Waals surface area contributed by atoms with Crippen LogP contribution < -0.4 is 0 Å². The minimum atomic E-state index is -4.89. The molecular weight excluding hydrogens is 810 g/mol. The molecule has 0 saturated heterocycles. The molecule has 6 N–H and O–H groups in total. The number of rotatable bonds is 37. The number of aliphatic hydroxyl groups excluding tert-OH is 3. The van der Waals surface area contributed by atoms with Crippen LogP contribution in [-0.4, -0.2) is 98.6 Å². The number of carbonyl (C=O) groups is 3. The van der Waals surface area contributed by atoms with Crippen molar-refractivity contribution in [3.05, 3.63) is 12.2 Å². The van der Waals surface area contributed by atoms with Gasteiger partial charge >= 0.3 is 27.6 Å². The molecule has 1 aliphatic carbocycles. The Morgan fingerprint density at radius 1 is 0.746 bits per heavy atom. The number of ketones is 1. The number of aliphatic hydroxyl groups is 3. The molecule has 2 unspecified atom stereocenters. The fourth-order valence-electron chi connectivity index (χ4n) is 6.81. The molecule has 8 atom stereocenters. The zero-order valence-electron chi connectivity index (χ0n) is 35.7. The fraction of sp³-hybridized carbons (Fsp3) is 0.878. The monoisotopic (exact) mass is 886 g/mol. The lowest BCUT2D eigenvalue weighted by Crippen LogP contribution is -2.30. The Morgan fingerprint density at radius 3 is 1.93 bits per heavy atom. The van der Waals surface area contributed by atoms with Crippen molar-refractivity contribution >= 4 is 33.4 Å². The van der Waals surface area contributed by atoms with Crippen molar-refractivity contribution in [3.63, 3.8) is 0 Å². The highest BCUT2D eigenvalue weighted by atomic mass is 31.2. The van der Waals surface area contributed by atoms with Crippen LogP contribution in [-0.2, 0) is 46.6 Å². The van der Waals surface area contributed by atoms with Gasteiger partial charge in [-0.15, -0.1) is 0 Å². The molecule has 0 aromatic carbocycles. The van der Waals surface area contributed by atoms with Gasteiger partial charge in [0.2, 0.25) is 0 Å². The van der Waals surface area contributed by atoms with Crippen molar-refractivity contribution in [2.24, 2.45) is 17.8 Å². The third kappa shape index (κ3) is 29.4. The molecular formula is C41H76O16P2. The third-order valence-electron chi connectivity index (χ3n) is 10.6. The van der Waals surface area contributed by atoms with Gasteiger partial charge in [-0.2, -0.15) is 0 Å². The van der Waals surface area contributed by atoms with E-state index in [-0.39, 0.29) is 36.9 Å². The van der Waals surface area contributed by atoms with E-state index in [1.54, 1.807) is 12.2 Å². The first kappa shape index (κ1) is 55.5. The van der Waals surface area contributed by atoms with Crippen LogP contribution in [0.5, 0.6) is 0 Å². The highest BCUT2D eigenvalue weighted by molar-refractivity contribution is 7.47. The summed E-state index contributed by atoms with van der Waals surface area (Å²) >= 11 is 0. The predicted molar refractivity (Wildman–Crippen MR) is 222 cm³/mol. The number of phosphoric acid groups is 2. The van der Waals surface area contributed by atoms with E-state index in [0.29, 0.717) is 44.9 Å². The quantitative estimate of drug-likeness (QED) is 0.0154. The minimum absolute atomic E-state index is 0.00152. The zero-order valence-corrected chi connectivity index (χ0v) is 37.5. The minimum Gasteiger partial charge on any atom is -0.462 e. The first-order valence-electron chi connectivity index (χ1n) is 21.9. The summed E-state index contributed by atoms with van der Waals surface area (Å²) in [6, 6.07) is 0. The largest absolute Gasteiger partial charge is 0.472 e. The molecule has 0 spiro atoms. The predicted octanol–water partition coefficient (Wildman–Crippen LogP) is 7.40. The lowest BCUT2D eigenvalue weighted by Gasteiger charge is -2.20. The van der Waals surface area contributed by atoms with Gasteiger partial charge in [0.05, 0.1) is 32.0 Å². The van der Waals surface area contributed by atoms with Crippen LogP contribution in [0.2, 0.25) is 0 Å². The lowest BCUT2D eigenvalue weighted by molar-refractivity contribution is -0.161. The van der Waals surface area contributed by atoms with Crippen molar-refractivity contribution in [2.45, 2.75) is 186 Å². The van der Waals surface area contributed by atoms with Gasteiger partial charge in [0.1, 0.15) is 18.5 Å². The third-order valence-corrected chi connectivity index (χ3v) is 12.0. The van der Waals surface area contributed by atoms with Crippen LogP contribution in [0, 0.1) is 17.8 Å². The van der Waals surface area contributed by atoms with E-state index in [9.17, 15) is 43.7 Å². The first-order chi connectivity index (χ1) is 28.0. The zero-order chi connectivity index (χ0) is 44.1. The second kappa shape index (κ2) is 32.2. The number of unbranched alkanes of at least 4 members (excludes halogenated alkanes) is 12. The number of hydrogen-bond acceptors (Lipinski definition) is 13. The summed E-state index contributed by atoms with van der Waals surface area (Å²) in [5.41, 5.74) is 0. The van der Waals surface area contributed by atoms with Crippen molar-refractivity contribution in [2.75, 3.05) is 26.4 Å². The van der Waals surface area contributed by atoms with Gasteiger partial charge in [-0.3, -0.25) is 28.0 Å². The molecule has 0 aromatic heterocycles. The van der Waals surface area contributed by atoms with Crippen LogP contribution in [0.4, 0.5) is 0 Å². The smallest absolute Gasteiger partial charge is 0.462 e. The average Bonchev–Trinajstić information content (AvgIpc) is 3.45. The number of esters is 2. The molecule has 1 aliphatic rings. The Balaban J connectivity index is 2.56. The van der Waals surface area contributed by atoms with Crippen molar-refractivity contribution in [3.8, 4) is 0 Å². The molecule has 1 saturated carbocycles. The number of hydrogen-bond donors (Lipinski definition) is 6. The van der Waals surface area contributed by atoms with Gasteiger partial charge in [0, 0.05) is 31.1 Å². The topological polar surface area (TPSA) is 253 Å². The van der Waals surface area contributed by atoms with Crippen LogP contribution in [0.1, 0.15) is 162 Å². The van der Waals surface area contributed by atoms with Gasteiger partial charge < -0.3 is 39.5 Å². The van der Waals surface area contributed by atoms with E-state index in [1.165, 1.54) is 32.1 Å². The maximum atomic E-state index is 12.8. The summed E-state index contributed by atoms with van der Waals surface area (Å²) in [5.74, 6) is -1.09. The Kier molecular flexibility index (Phi) is 30.2.